The molecule has 0 bridgehead atoms. The van der Waals surface area contributed by atoms with Gasteiger partial charge < -0.3 is 8.85 Å². The molecule has 0 saturated heterocycles. The molecule has 0 heterocycles. The number of hydrogen-bond donors (Lipinski definition) is 0. The molecule has 0 aromatic carbocycles. The van der Waals surface area contributed by atoms with Gasteiger partial charge in [-0.2, -0.15) is 35.1 Å². The van der Waals surface area contributed by atoms with Gasteiger partial charge in [0.2, 0.25) is 6.17 Å². The Hall–Kier alpha value is -1.05. The first kappa shape index (κ1) is 33.9. The molecule has 35 heavy (non-hydrogen) atoms. The van der Waals surface area contributed by atoms with Crippen molar-refractivity contribution in [1.29, 1.82) is 0 Å². The van der Waals surface area contributed by atoms with Crippen LogP contribution in [0.5, 0.6) is 0 Å². The maximum absolute atomic E-state index is 13.8. The quantitative estimate of drug-likeness (QED) is 0.184. The summed E-state index contributed by atoms with van der Waals surface area (Å²) in [6, 6.07) is -1.84. The third-order valence-electron chi connectivity index (χ3n) is 4.63. The van der Waals surface area contributed by atoms with Gasteiger partial charge in [-0.15, -0.1) is 0 Å². The first-order valence-corrected chi connectivity index (χ1v) is 10.7. The molecule has 0 N–H and O–H groups in total. The zero-order valence-corrected chi connectivity index (χ0v) is 18.3. The molecular weight excluding hydrogens is 563 g/mol. The molecule has 20 heteroatoms. The van der Waals surface area contributed by atoms with Gasteiger partial charge in [0.1, 0.15) is 0 Å². The fourth-order valence-electron chi connectivity index (χ4n) is 2.42. The number of hydrogen-bond acceptors (Lipinski definition) is 2. The van der Waals surface area contributed by atoms with E-state index in [4.69, 9.17) is 0 Å². The highest BCUT2D eigenvalue weighted by molar-refractivity contribution is 6.44. The van der Waals surface area contributed by atoms with Crippen LogP contribution in [0, 0.1) is 0 Å². The van der Waals surface area contributed by atoms with Gasteiger partial charge in [-0.05, 0) is 0 Å². The van der Waals surface area contributed by atoms with Crippen LogP contribution in [-0.4, -0.2) is 96.8 Å². The summed E-state index contributed by atoms with van der Waals surface area (Å²) in [5.41, 5.74) is 0. The molecule has 212 valence electrons. The van der Waals surface area contributed by atoms with Crippen molar-refractivity contribution in [3.05, 3.63) is 0 Å². The maximum atomic E-state index is 13.8. The molecule has 0 rings (SSSR count). The second-order valence-electron chi connectivity index (χ2n) is 6.96. The molecule has 7 unspecified atom stereocenters. The van der Waals surface area contributed by atoms with E-state index in [1.54, 1.807) is 0 Å². The summed E-state index contributed by atoms with van der Waals surface area (Å²) in [5.74, 6) is -29.4. The van der Waals surface area contributed by atoms with Gasteiger partial charge in [0.25, 0.3) is 6.43 Å². The standard InChI is InChI=1S/C15H17F17O2Si/c1-33-35(34-2)3-4(16)12(25,26)14(29,30)15(31,32)13(27,28)10(22)8(20)6(18)5(17)7(19)9(21)11(23)24/h4-11,35H,3H2,1-2H3. The first-order chi connectivity index (χ1) is 15.6. The average molecular weight is 580 g/mol. The predicted molar refractivity (Wildman–Crippen MR) is 86.0 cm³/mol. The van der Waals surface area contributed by atoms with E-state index in [2.05, 4.69) is 8.85 Å². The summed E-state index contributed by atoms with van der Waals surface area (Å²) in [5, 5.41) is 0. The van der Waals surface area contributed by atoms with Crippen LogP contribution in [-0.2, 0) is 8.85 Å². The van der Waals surface area contributed by atoms with Gasteiger partial charge >= 0.3 is 33.0 Å². The van der Waals surface area contributed by atoms with Crippen LogP contribution in [0.15, 0.2) is 0 Å². The zero-order valence-electron chi connectivity index (χ0n) is 17.1. The number of rotatable bonds is 15. The summed E-state index contributed by atoms with van der Waals surface area (Å²) < 4.78 is 236. The Labute approximate surface area is 187 Å². The lowest BCUT2D eigenvalue weighted by atomic mass is 9.90. The van der Waals surface area contributed by atoms with E-state index in [1.807, 2.05) is 0 Å². The predicted octanol–water partition coefficient (Wildman–Crippen LogP) is 5.67. The molecule has 0 aliphatic rings. The van der Waals surface area contributed by atoms with E-state index in [1.165, 1.54) is 0 Å². The summed E-state index contributed by atoms with van der Waals surface area (Å²) in [6.45, 7) is 0. The second-order valence-corrected chi connectivity index (χ2v) is 9.23. The van der Waals surface area contributed by atoms with Crippen molar-refractivity contribution in [3.63, 3.8) is 0 Å². The smallest absolute Gasteiger partial charge is 0.381 e. The molecule has 0 radical (unpaired) electrons. The third kappa shape index (κ3) is 6.45. The largest absolute Gasteiger partial charge is 0.400 e. The van der Waals surface area contributed by atoms with Crippen LogP contribution in [0.4, 0.5) is 74.6 Å². The summed E-state index contributed by atoms with van der Waals surface area (Å²) in [4.78, 5) is 0. The van der Waals surface area contributed by atoms with E-state index in [0.29, 0.717) is 14.2 Å². The monoisotopic (exact) mass is 580 g/mol. The summed E-state index contributed by atoms with van der Waals surface area (Å²) >= 11 is 0. The molecule has 7 atom stereocenters. The molecule has 0 aliphatic heterocycles. The van der Waals surface area contributed by atoms with Crippen molar-refractivity contribution < 1.29 is 83.5 Å². The van der Waals surface area contributed by atoms with Crippen LogP contribution < -0.4 is 0 Å². The van der Waals surface area contributed by atoms with E-state index in [9.17, 15) is 74.6 Å². The van der Waals surface area contributed by atoms with E-state index < -0.39 is 88.6 Å². The fourth-order valence-corrected chi connectivity index (χ4v) is 3.63. The van der Waals surface area contributed by atoms with Crippen molar-refractivity contribution >= 4 is 9.28 Å². The Bertz CT molecular complexity index is 649. The Kier molecular flexibility index (Phi) is 11.6. The van der Waals surface area contributed by atoms with Crippen LogP contribution in [0.2, 0.25) is 6.04 Å². The zero-order chi connectivity index (χ0) is 28.3. The number of halogens is 17. The van der Waals surface area contributed by atoms with Gasteiger partial charge in [-0.1, -0.05) is 0 Å². The minimum absolute atomic E-state index is 0.696. The summed E-state index contributed by atoms with van der Waals surface area (Å²) in [6.07, 6.45) is -37.5. The topological polar surface area (TPSA) is 18.5 Å². The molecular formula is C15H17F17O2Si. The van der Waals surface area contributed by atoms with E-state index in [-0.39, 0.29) is 0 Å². The molecule has 0 aromatic rings. The molecule has 0 amide bonds. The van der Waals surface area contributed by atoms with Gasteiger partial charge in [-0.3, -0.25) is 0 Å². The van der Waals surface area contributed by atoms with E-state index in [0.717, 1.165) is 0 Å². The lowest BCUT2D eigenvalue weighted by Gasteiger charge is -2.39. The molecule has 0 saturated carbocycles. The van der Waals surface area contributed by atoms with Crippen molar-refractivity contribution in [3.8, 4) is 0 Å². The molecule has 0 aliphatic carbocycles. The van der Waals surface area contributed by atoms with Gasteiger partial charge in [0.05, 0.1) is 0 Å². The Morgan fingerprint density at radius 2 is 0.886 bits per heavy atom. The van der Waals surface area contributed by atoms with Gasteiger partial charge in [0, 0.05) is 20.3 Å². The van der Waals surface area contributed by atoms with Gasteiger partial charge in [-0.25, -0.2) is 39.5 Å². The van der Waals surface area contributed by atoms with Crippen LogP contribution in [0.25, 0.3) is 0 Å². The highest BCUT2D eigenvalue weighted by atomic mass is 28.3. The number of alkyl halides is 17. The molecule has 0 fully saturated rings. The highest BCUT2D eigenvalue weighted by Crippen LogP contribution is 2.56. The molecule has 0 spiro atoms. The summed E-state index contributed by atoms with van der Waals surface area (Å²) in [7, 11) is -2.18. The minimum Gasteiger partial charge on any atom is -0.400 e. The third-order valence-corrected chi connectivity index (χ3v) is 6.48. The molecule has 0 aromatic heterocycles. The van der Waals surface area contributed by atoms with E-state index >= 15 is 0 Å². The Morgan fingerprint density at radius 1 is 0.543 bits per heavy atom. The fraction of sp³-hybridized carbons (Fsp3) is 1.00. The lowest BCUT2D eigenvalue weighted by molar-refractivity contribution is -0.385. The lowest BCUT2D eigenvalue weighted by Crippen LogP contribution is -2.68. The SMILES string of the molecule is CO[SiH](CC(F)C(F)(F)C(F)(F)C(F)(F)C(F)(F)C(F)C(F)C(F)C(F)C(F)C(F)C(F)F)OC. The van der Waals surface area contributed by atoms with Crippen molar-refractivity contribution in [2.75, 3.05) is 14.2 Å². The minimum atomic E-state index is -7.72. The van der Waals surface area contributed by atoms with Crippen LogP contribution in [0.3, 0.4) is 0 Å². The normalized spacial score (nSPS) is 20.5. The van der Waals surface area contributed by atoms with Crippen molar-refractivity contribution in [1.82, 2.24) is 0 Å². The Morgan fingerprint density at radius 3 is 1.26 bits per heavy atom. The maximum Gasteiger partial charge on any atom is 0.381 e. The van der Waals surface area contributed by atoms with Crippen LogP contribution in [0.1, 0.15) is 0 Å². The highest BCUT2D eigenvalue weighted by Gasteiger charge is 2.84. The average Bonchev–Trinajstić information content (AvgIpc) is 2.78. The van der Waals surface area contributed by atoms with Crippen LogP contribution >= 0.6 is 0 Å². The van der Waals surface area contributed by atoms with Crippen molar-refractivity contribution in [2.24, 2.45) is 0 Å². The first-order valence-electron chi connectivity index (χ1n) is 8.91. The van der Waals surface area contributed by atoms with Gasteiger partial charge in [0.15, 0.2) is 37.0 Å². The Balaban J connectivity index is 6.02. The van der Waals surface area contributed by atoms with Crippen molar-refractivity contribution in [2.45, 2.75) is 79.4 Å². The second kappa shape index (κ2) is 12.0. The molecule has 2 nitrogen and oxygen atoms in total.